The van der Waals surface area contributed by atoms with Crippen LogP contribution in [0.15, 0.2) is 176 Å². The molecule has 242 valence electrons. The first kappa shape index (κ1) is 29.8. The summed E-state index contributed by atoms with van der Waals surface area (Å²) in [5.74, 6) is 2.27. The van der Waals surface area contributed by atoms with Crippen LogP contribution in [0.5, 0.6) is 11.5 Å². The van der Waals surface area contributed by atoms with Crippen LogP contribution in [0.25, 0.3) is 56.2 Å². The monoisotopic (exact) mass is 663 g/mol. The highest BCUT2D eigenvalue weighted by Crippen LogP contribution is 2.62. The summed E-state index contributed by atoms with van der Waals surface area (Å²) in [6.45, 7) is 0. The normalized spacial score (nSPS) is 12.9. The van der Waals surface area contributed by atoms with Gasteiger partial charge in [0.05, 0.1) is 28.4 Å². The lowest BCUT2D eigenvalue weighted by Gasteiger charge is -2.39. The SMILES string of the molecule is N#Cc1ccc2c(c1)C1(c3cc(-c4ccc(-c5cc(-c6ccccc6)nc(-c6ccccc6)n5)cc4)ccc3O2)c2ccccc2-c2ccccc21. The molecule has 0 saturated carbocycles. The Morgan fingerprint density at radius 3 is 1.56 bits per heavy atom. The number of fused-ring (bicyclic) bond motifs is 9. The van der Waals surface area contributed by atoms with Crippen molar-refractivity contribution < 1.29 is 4.74 Å². The Kier molecular flexibility index (Phi) is 6.74. The zero-order valence-corrected chi connectivity index (χ0v) is 28.0. The van der Waals surface area contributed by atoms with Crippen LogP contribution < -0.4 is 4.74 Å². The van der Waals surface area contributed by atoms with Gasteiger partial charge in [0.15, 0.2) is 5.82 Å². The fourth-order valence-corrected chi connectivity index (χ4v) is 8.05. The van der Waals surface area contributed by atoms with E-state index in [9.17, 15) is 5.26 Å². The van der Waals surface area contributed by atoms with Crippen molar-refractivity contribution in [3.63, 3.8) is 0 Å². The third kappa shape index (κ3) is 4.54. The van der Waals surface area contributed by atoms with E-state index in [1.54, 1.807) is 0 Å². The molecule has 0 unspecified atom stereocenters. The molecule has 52 heavy (non-hydrogen) atoms. The highest BCUT2D eigenvalue weighted by atomic mass is 16.5. The largest absolute Gasteiger partial charge is 0.457 e. The second-order valence-corrected chi connectivity index (χ2v) is 13.2. The lowest BCUT2D eigenvalue weighted by atomic mass is 9.65. The highest BCUT2D eigenvalue weighted by molar-refractivity contribution is 5.89. The third-order valence-electron chi connectivity index (χ3n) is 10.4. The smallest absolute Gasteiger partial charge is 0.160 e. The summed E-state index contributed by atoms with van der Waals surface area (Å²) < 4.78 is 6.63. The number of nitriles is 1. The van der Waals surface area contributed by atoms with Crippen molar-refractivity contribution in [1.82, 2.24) is 9.97 Å². The van der Waals surface area contributed by atoms with Crippen LogP contribution in [-0.2, 0) is 5.41 Å². The quantitative estimate of drug-likeness (QED) is 0.188. The molecule has 4 nitrogen and oxygen atoms in total. The summed E-state index contributed by atoms with van der Waals surface area (Å²) in [5, 5.41) is 10.0. The van der Waals surface area contributed by atoms with E-state index in [2.05, 4.69) is 115 Å². The van der Waals surface area contributed by atoms with Gasteiger partial charge in [-0.1, -0.05) is 140 Å². The molecule has 2 aliphatic rings. The maximum atomic E-state index is 10.0. The van der Waals surface area contributed by atoms with Crippen LogP contribution in [0.1, 0.15) is 27.8 Å². The predicted octanol–water partition coefficient (Wildman–Crippen LogP) is 11.5. The summed E-state index contributed by atoms with van der Waals surface area (Å²) in [6.07, 6.45) is 0. The van der Waals surface area contributed by atoms with Gasteiger partial charge >= 0.3 is 0 Å². The minimum Gasteiger partial charge on any atom is -0.457 e. The van der Waals surface area contributed by atoms with Crippen LogP contribution in [0.4, 0.5) is 0 Å². The minimum absolute atomic E-state index is 0.606. The van der Waals surface area contributed by atoms with Crippen molar-refractivity contribution in [3.8, 4) is 73.7 Å². The molecule has 0 saturated heterocycles. The van der Waals surface area contributed by atoms with Crippen molar-refractivity contribution in [3.05, 3.63) is 204 Å². The summed E-state index contributed by atoms with van der Waals surface area (Å²) >= 11 is 0. The van der Waals surface area contributed by atoms with Gasteiger partial charge in [-0.05, 0) is 69.8 Å². The number of benzene rings is 7. The van der Waals surface area contributed by atoms with Crippen LogP contribution >= 0.6 is 0 Å². The van der Waals surface area contributed by atoms with E-state index < -0.39 is 5.41 Å². The second kappa shape index (κ2) is 11.8. The molecule has 1 aliphatic heterocycles. The average Bonchev–Trinajstić information content (AvgIpc) is 3.52. The number of ether oxygens (including phenoxy) is 1. The van der Waals surface area contributed by atoms with Crippen LogP contribution in [0, 0.1) is 11.3 Å². The Morgan fingerprint density at radius 2 is 0.923 bits per heavy atom. The van der Waals surface area contributed by atoms with E-state index >= 15 is 0 Å². The Balaban J connectivity index is 1.12. The van der Waals surface area contributed by atoms with Crippen molar-refractivity contribution in [2.75, 3.05) is 0 Å². The first-order valence-electron chi connectivity index (χ1n) is 17.4. The number of hydrogen-bond donors (Lipinski definition) is 0. The number of rotatable bonds is 4. The van der Waals surface area contributed by atoms with Gasteiger partial charge in [0.1, 0.15) is 11.5 Å². The average molecular weight is 664 g/mol. The molecular weight excluding hydrogens is 635 g/mol. The van der Waals surface area contributed by atoms with Gasteiger partial charge in [-0.15, -0.1) is 0 Å². The molecule has 1 spiro atoms. The van der Waals surface area contributed by atoms with Gasteiger partial charge < -0.3 is 4.74 Å². The summed E-state index contributed by atoms with van der Waals surface area (Å²) in [4.78, 5) is 9.99. The standard InChI is InChI=1S/C48H29N3O/c49-30-31-19-25-45-41(27-31)48(39-17-9-7-15-37(39)38-16-8-10-18-40(38)48)42-28-36(24-26-46(42)52-45)32-20-22-34(23-21-32)44-29-43(33-11-3-1-4-12-33)50-47(51-44)35-13-5-2-6-14-35/h1-29H. The van der Waals surface area contributed by atoms with E-state index in [0.717, 1.165) is 61.8 Å². The third-order valence-corrected chi connectivity index (χ3v) is 10.4. The van der Waals surface area contributed by atoms with Gasteiger partial charge in [-0.3, -0.25) is 0 Å². The van der Waals surface area contributed by atoms with Crippen LogP contribution in [0.2, 0.25) is 0 Å². The highest BCUT2D eigenvalue weighted by Gasteiger charge is 2.51. The van der Waals surface area contributed by atoms with E-state index in [4.69, 9.17) is 14.7 Å². The maximum Gasteiger partial charge on any atom is 0.160 e. The van der Waals surface area contributed by atoms with E-state index in [1.165, 1.54) is 22.3 Å². The first-order valence-corrected chi connectivity index (χ1v) is 17.4. The molecule has 7 aromatic carbocycles. The second-order valence-electron chi connectivity index (χ2n) is 13.2. The fraction of sp³-hybridized carbons (Fsp3) is 0.0208. The Morgan fingerprint density at radius 1 is 0.423 bits per heavy atom. The lowest BCUT2D eigenvalue weighted by molar-refractivity contribution is 0.436. The zero-order valence-electron chi connectivity index (χ0n) is 28.0. The van der Waals surface area contributed by atoms with Gasteiger partial charge in [-0.2, -0.15) is 5.26 Å². The first-order chi connectivity index (χ1) is 25.7. The molecule has 0 radical (unpaired) electrons. The number of hydrogen-bond acceptors (Lipinski definition) is 4. The van der Waals surface area contributed by atoms with Crippen LogP contribution in [-0.4, -0.2) is 9.97 Å². The molecule has 10 rings (SSSR count). The molecule has 2 heterocycles. The molecule has 0 fully saturated rings. The Labute approximate surface area is 301 Å². The molecule has 0 amide bonds. The molecular formula is C48H29N3O. The van der Waals surface area contributed by atoms with Gasteiger partial charge in [0.2, 0.25) is 0 Å². The summed E-state index contributed by atoms with van der Waals surface area (Å²) in [6, 6.07) is 63.0. The summed E-state index contributed by atoms with van der Waals surface area (Å²) in [7, 11) is 0. The predicted molar refractivity (Wildman–Crippen MR) is 206 cm³/mol. The van der Waals surface area contributed by atoms with Gasteiger partial charge in [-0.25, -0.2) is 9.97 Å². The topological polar surface area (TPSA) is 58.8 Å². The van der Waals surface area contributed by atoms with E-state index in [1.807, 2.05) is 66.7 Å². The fourth-order valence-electron chi connectivity index (χ4n) is 8.05. The van der Waals surface area contributed by atoms with Crippen molar-refractivity contribution in [2.24, 2.45) is 0 Å². The minimum atomic E-state index is -0.651. The molecule has 1 aliphatic carbocycles. The molecule has 4 heteroatoms. The van der Waals surface area contributed by atoms with E-state index in [0.29, 0.717) is 11.4 Å². The van der Waals surface area contributed by atoms with Crippen molar-refractivity contribution in [1.29, 1.82) is 5.26 Å². The molecule has 1 aromatic heterocycles. The Bertz CT molecular complexity index is 2610. The zero-order chi connectivity index (χ0) is 34.6. The number of aromatic nitrogens is 2. The molecule has 0 bridgehead atoms. The van der Waals surface area contributed by atoms with Crippen molar-refractivity contribution >= 4 is 0 Å². The number of nitrogens with zero attached hydrogens (tertiary/aromatic N) is 3. The Hall–Kier alpha value is -7.09. The molecule has 8 aromatic rings. The van der Waals surface area contributed by atoms with Crippen LogP contribution in [0.3, 0.4) is 0 Å². The maximum absolute atomic E-state index is 10.0. The van der Waals surface area contributed by atoms with Gasteiger partial charge in [0.25, 0.3) is 0 Å². The lowest BCUT2D eigenvalue weighted by Crippen LogP contribution is -2.32. The van der Waals surface area contributed by atoms with Gasteiger partial charge in [0, 0.05) is 27.8 Å². The summed E-state index contributed by atoms with van der Waals surface area (Å²) in [5.41, 5.74) is 13.7. The molecule has 0 N–H and O–H groups in total. The van der Waals surface area contributed by atoms with E-state index in [-0.39, 0.29) is 0 Å². The molecule has 0 atom stereocenters. The van der Waals surface area contributed by atoms with Crippen molar-refractivity contribution in [2.45, 2.75) is 5.41 Å².